The second kappa shape index (κ2) is 12.8. The van der Waals surface area contributed by atoms with E-state index in [1.165, 1.54) is 43.0 Å². The number of fused-ring (bicyclic) bond motifs is 6. The standard InChI is InChI=1S/C50H32N4S/c1-4-14-33(15-5-1)49-51-45(32-46(52-49)36-18-13-23-40(29-36)53(38-19-6-2-7-20-38)39-21-8-3-9-22-39)35-17-12-16-34(28-35)37-30-43-41-24-10-11-25-47(41)54-48(43)44(31-37)42-26-27-55-50(42)54/h1-32H. The summed E-state index contributed by atoms with van der Waals surface area (Å²) >= 11 is 1.81. The van der Waals surface area contributed by atoms with Crippen molar-refractivity contribution in [2.45, 2.75) is 0 Å². The number of thiophene rings is 1. The lowest BCUT2D eigenvalue weighted by molar-refractivity contribution is 1.18. The van der Waals surface area contributed by atoms with E-state index >= 15 is 0 Å². The van der Waals surface area contributed by atoms with Crippen LogP contribution in [0.15, 0.2) is 193 Å². The Hall–Kier alpha value is -7.08. The lowest BCUT2D eigenvalue weighted by Gasteiger charge is -2.25. The molecule has 0 saturated carbocycles. The number of para-hydroxylation sites is 3. The molecule has 0 unspecified atom stereocenters. The van der Waals surface area contributed by atoms with Crippen molar-refractivity contribution in [3.8, 4) is 45.0 Å². The van der Waals surface area contributed by atoms with Crippen LogP contribution >= 0.6 is 11.3 Å². The fourth-order valence-electron chi connectivity index (χ4n) is 8.08. The molecule has 0 atom stereocenters. The van der Waals surface area contributed by atoms with E-state index in [0.29, 0.717) is 5.82 Å². The highest BCUT2D eigenvalue weighted by molar-refractivity contribution is 7.17. The number of rotatable bonds is 7. The number of anilines is 3. The van der Waals surface area contributed by atoms with Crippen LogP contribution in [-0.2, 0) is 0 Å². The molecule has 7 aromatic carbocycles. The largest absolute Gasteiger partial charge is 0.310 e. The van der Waals surface area contributed by atoms with Crippen molar-refractivity contribution >= 4 is 65.8 Å². The minimum Gasteiger partial charge on any atom is -0.310 e. The van der Waals surface area contributed by atoms with Crippen LogP contribution < -0.4 is 4.90 Å². The molecule has 0 radical (unpaired) electrons. The minimum absolute atomic E-state index is 0.694. The van der Waals surface area contributed by atoms with Gasteiger partial charge in [-0.05, 0) is 89.3 Å². The fraction of sp³-hybridized carbons (Fsp3) is 0. The first kappa shape index (κ1) is 31.4. The highest BCUT2D eigenvalue weighted by atomic mass is 32.1. The normalized spacial score (nSPS) is 11.6. The summed E-state index contributed by atoms with van der Waals surface area (Å²) in [7, 11) is 0. The predicted molar refractivity (Wildman–Crippen MR) is 231 cm³/mol. The molecule has 55 heavy (non-hydrogen) atoms. The molecule has 5 heteroatoms. The van der Waals surface area contributed by atoms with Crippen LogP contribution in [0.1, 0.15) is 0 Å². The van der Waals surface area contributed by atoms with Gasteiger partial charge in [0.2, 0.25) is 0 Å². The summed E-state index contributed by atoms with van der Waals surface area (Å²) in [5, 5.41) is 7.37. The van der Waals surface area contributed by atoms with E-state index in [1.54, 1.807) is 0 Å². The van der Waals surface area contributed by atoms with Crippen LogP contribution in [0.25, 0.3) is 82.4 Å². The van der Waals surface area contributed by atoms with Crippen molar-refractivity contribution in [2.24, 2.45) is 0 Å². The molecule has 0 aliphatic rings. The SMILES string of the molecule is c1ccc(-c2nc(-c3cccc(-c4cc5c6ccccc6n6c7sccc7c(c4)c56)c3)cc(-c3cccc(N(c4ccccc4)c4ccccc4)c3)n2)cc1. The van der Waals surface area contributed by atoms with Crippen LogP contribution in [-0.4, -0.2) is 14.4 Å². The van der Waals surface area contributed by atoms with Crippen molar-refractivity contribution in [3.63, 3.8) is 0 Å². The highest BCUT2D eigenvalue weighted by Gasteiger charge is 2.20. The van der Waals surface area contributed by atoms with E-state index in [1.807, 2.05) is 29.5 Å². The van der Waals surface area contributed by atoms with Gasteiger partial charge in [-0.25, -0.2) is 9.97 Å². The van der Waals surface area contributed by atoms with Crippen LogP contribution in [0, 0.1) is 0 Å². The van der Waals surface area contributed by atoms with E-state index in [-0.39, 0.29) is 0 Å². The van der Waals surface area contributed by atoms with Gasteiger partial charge in [-0.3, -0.25) is 4.40 Å². The molecule has 0 fully saturated rings. The summed E-state index contributed by atoms with van der Waals surface area (Å²) in [6.45, 7) is 0. The summed E-state index contributed by atoms with van der Waals surface area (Å²) in [5.41, 5.74) is 12.9. The zero-order valence-electron chi connectivity index (χ0n) is 29.7. The summed E-state index contributed by atoms with van der Waals surface area (Å²) < 4.78 is 2.45. The van der Waals surface area contributed by atoms with Crippen LogP contribution in [0.4, 0.5) is 17.1 Å². The minimum atomic E-state index is 0.694. The van der Waals surface area contributed by atoms with Crippen molar-refractivity contribution in [1.29, 1.82) is 0 Å². The number of aromatic nitrogens is 3. The first-order valence-electron chi connectivity index (χ1n) is 18.5. The van der Waals surface area contributed by atoms with E-state index in [4.69, 9.17) is 9.97 Å². The Morgan fingerprint density at radius 3 is 1.69 bits per heavy atom. The lowest BCUT2D eigenvalue weighted by atomic mass is 9.97. The fourth-order valence-corrected chi connectivity index (χ4v) is 9.02. The quantitative estimate of drug-likeness (QED) is 0.164. The Morgan fingerprint density at radius 2 is 0.964 bits per heavy atom. The Balaban J connectivity index is 1.06. The first-order chi connectivity index (χ1) is 27.3. The molecule has 0 aliphatic heterocycles. The lowest BCUT2D eigenvalue weighted by Crippen LogP contribution is -2.09. The molecular formula is C50H32N4S. The van der Waals surface area contributed by atoms with Gasteiger partial charge in [0.25, 0.3) is 0 Å². The molecule has 258 valence electrons. The predicted octanol–water partition coefficient (Wildman–Crippen LogP) is 13.8. The van der Waals surface area contributed by atoms with E-state index in [2.05, 4.69) is 185 Å². The smallest absolute Gasteiger partial charge is 0.160 e. The molecule has 0 aliphatic carbocycles. The molecule has 0 spiro atoms. The van der Waals surface area contributed by atoms with Crippen LogP contribution in [0.2, 0.25) is 0 Å². The first-order valence-corrected chi connectivity index (χ1v) is 19.4. The van der Waals surface area contributed by atoms with Crippen molar-refractivity contribution in [2.75, 3.05) is 4.90 Å². The molecule has 11 rings (SSSR count). The zero-order chi connectivity index (χ0) is 36.3. The van der Waals surface area contributed by atoms with Gasteiger partial charge < -0.3 is 4.90 Å². The van der Waals surface area contributed by atoms with E-state index in [9.17, 15) is 0 Å². The average Bonchev–Trinajstić information content (AvgIpc) is 3.96. The van der Waals surface area contributed by atoms with Crippen LogP contribution in [0.5, 0.6) is 0 Å². The van der Waals surface area contributed by atoms with Crippen molar-refractivity contribution in [1.82, 2.24) is 14.4 Å². The maximum absolute atomic E-state index is 5.21. The molecule has 0 saturated heterocycles. The van der Waals surface area contributed by atoms with Crippen LogP contribution in [0.3, 0.4) is 0 Å². The zero-order valence-corrected chi connectivity index (χ0v) is 30.5. The third-order valence-electron chi connectivity index (χ3n) is 10.6. The average molecular weight is 721 g/mol. The molecule has 4 aromatic heterocycles. The monoisotopic (exact) mass is 720 g/mol. The number of nitrogens with zero attached hydrogens (tertiary/aromatic N) is 4. The summed E-state index contributed by atoms with van der Waals surface area (Å²) in [6, 6.07) is 66.6. The van der Waals surface area contributed by atoms with Gasteiger partial charge in [0.05, 0.1) is 22.4 Å². The second-order valence-electron chi connectivity index (χ2n) is 13.9. The van der Waals surface area contributed by atoms with Crippen molar-refractivity contribution in [3.05, 3.63) is 193 Å². The topological polar surface area (TPSA) is 33.4 Å². The van der Waals surface area contributed by atoms with Gasteiger partial charge in [-0.2, -0.15) is 0 Å². The summed E-state index contributed by atoms with van der Waals surface area (Å²) in [4.78, 5) is 14.0. The van der Waals surface area contributed by atoms with E-state index in [0.717, 1.165) is 50.7 Å². The maximum atomic E-state index is 5.21. The Kier molecular flexibility index (Phi) is 7.32. The second-order valence-corrected chi connectivity index (χ2v) is 14.8. The van der Waals surface area contributed by atoms with Gasteiger partial charge >= 0.3 is 0 Å². The highest BCUT2D eigenvalue weighted by Crippen LogP contribution is 2.44. The Bertz CT molecular complexity index is 3110. The van der Waals surface area contributed by atoms with Gasteiger partial charge in [0.15, 0.2) is 5.82 Å². The third kappa shape index (κ3) is 5.28. The van der Waals surface area contributed by atoms with Gasteiger partial charge in [-0.1, -0.05) is 115 Å². The van der Waals surface area contributed by atoms with Crippen molar-refractivity contribution < 1.29 is 0 Å². The van der Waals surface area contributed by atoms with Gasteiger partial charge in [0, 0.05) is 55.3 Å². The Morgan fingerprint density at radius 1 is 0.400 bits per heavy atom. The maximum Gasteiger partial charge on any atom is 0.160 e. The molecule has 11 aromatic rings. The molecule has 0 N–H and O–H groups in total. The van der Waals surface area contributed by atoms with E-state index < -0.39 is 0 Å². The Labute approximate surface area is 322 Å². The molecule has 4 nitrogen and oxygen atoms in total. The summed E-state index contributed by atoms with van der Waals surface area (Å²) in [5.74, 6) is 0.694. The number of benzene rings is 7. The number of hydrogen-bond acceptors (Lipinski definition) is 4. The number of hydrogen-bond donors (Lipinski definition) is 0. The molecule has 0 bridgehead atoms. The van der Waals surface area contributed by atoms with Gasteiger partial charge in [-0.15, -0.1) is 11.3 Å². The third-order valence-corrected chi connectivity index (χ3v) is 11.5. The molecule has 4 heterocycles. The molecular weight excluding hydrogens is 689 g/mol. The molecule has 0 amide bonds. The van der Waals surface area contributed by atoms with Gasteiger partial charge in [0.1, 0.15) is 4.83 Å². The summed E-state index contributed by atoms with van der Waals surface area (Å²) in [6.07, 6.45) is 0.